The molecule has 1 nitrogen and oxygen atoms in total. The molecule has 106 valence electrons. The maximum Gasteiger partial charge on any atom is 0.145 e. The van der Waals surface area contributed by atoms with E-state index in [9.17, 15) is 4.39 Å². The number of benzene rings is 1. The highest BCUT2D eigenvalue weighted by Crippen LogP contribution is 2.34. The Morgan fingerprint density at radius 1 is 1.32 bits per heavy atom. The van der Waals surface area contributed by atoms with Crippen LogP contribution in [0.25, 0.3) is 0 Å². The Bertz CT molecular complexity index is 413. The third-order valence-corrected chi connectivity index (χ3v) is 4.49. The minimum Gasteiger partial charge on any atom is -0.313 e. The Labute approximate surface area is 120 Å². The highest BCUT2D eigenvalue weighted by molar-refractivity contribution is 6.30. The van der Waals surface area contributed by atoms with Crippen molar-refractivity contribution in [2.24, 2.45) is 5.92 Å². The number of rotatable bonds is 7. The molecule has 1 N–H and O–H groups in total. The first-order valence-electron chi connectivity index (χ1n) is 7.34. The van der Waals surface area contributed by atoms with Gasteiger partial charge >= 0.3 is 0 Å². The van der Waals surface area contributed by atoms with Crippen LogP contribution in [-0.2, 0) is 0 Å². The van der Waals surface area contributed by atoms with Gasteiger partial charge in [0.15, 0.2) is 0 Å². The second-order valence-electron chi connectivity index (χ2n) is 5.51. The van der Waals surface area contributed by atoms with E-state index < -0.39 is 0 Å². The monoisotopic (exact) mass is 283 g/mol. The largest absolute Gasteiger partial charge is 0.313 e. The number of hydrogen-bond acceptors (Lipinski definition) is 1. The molecule has 2 rings (SSSR count). The Balaban J connectivity index is 2.20. The van der Waals surface area contributed by atoms with E-state index in [0.29, 0.717) is 12.0 Å². The van der Waals surface area contributed by atoms with Crippen molar-refractivity contribution in [3.05, 3.63) is 34.6 Å². The summed E-state index contributed by atoms with van der Waals surface area (Å²) in [4.78, 5) is 0. The fourth-order valence-corrected chi connectivity index (χ4v) is 2.96. The topological polar surface area (TPSA) is 12.0 Å². The van der Waals surface area contributed by atoms with Crippen molar-refractivity contribution in [2.45, 2.75) is 51.5 Å². The number of hydrogen-bond donors (Lipinski definition) is 1. The highest BCUT2D eigenvalue weighted by Gasteiger charge is 2.27. The predicted octanol–water partition coefficient (Wildman–Crippen LogP) is 4.75. The van der Waals surface area contributed by atoms with Gasteiger partial charge in [-0.2, -0.15) is 0 Å². The summed E-state index contributed by atoms with van der Waals surface area (Å²) in [5.74, 6) is 0.479. The van der Waals surface area contributed by atoms with E-state index in [1.807, 2.05) is 12.1 Å². The molecule has 1 unspecified atom stereocenters. The summed E-state index contributed by atoms with van der Waals surface area (Å²) in [6.07, 6.45) is 4.65. The van der Waals surface area contributed by atoms with E-state index in [-0.39, 0.29) is 16.8 Å². The lowest BCUT2D eigenvalue weighted by atomic mass is 9.82. The van der Waals surface area contributed by atoms with Crippen molar-refractivity contribution in [2.75, 3.05) is 6.54 Å². The smallest absolute Gasteiger partial charge is 0.145 e. The van der Waals surface area contributed by atoms with Gasteiger partial charge in [-0.3, -0.25) is 0 Å². The molecule has 0 heterocycles. The van der Waals surface area contributed by atoms with Crippen molar-refractivity contribution in [1.82, 2.24) is 5.32 Å². The Kier molecular flexibility index (Phi) is 5.23. The van der Waals surface area contributed by atoms with Crippen LogP contribution in [-0.4, -0.2) is 12.6 Å². The van der Waals surface area contributed by atoms with Crippen LogP contribution >= 0.6 is 11.6 Å². The number of nitrogens with one attached hydrogen (secondary N) is 1. The lowest BCUT2D eigenvalue weighted by Crippen LogP contribution is -2.28. The molecule has 1 aromatic carbocycles. The molecule has 1 aromatic rings. The molecule has 3 heteroatoms. The molecule has 0 spiro atoms. The van der Waals surface area contributed by atoms with Crippen LogP contribution in [0.1, 0.15) is 51.0 Å². The molecule has 1 saturated carbocycles. The quantitative estimate of drug-likeness (QED) is 0.761. The molecule has 0 saturated heterocycles. The molecule has 0 aromatic heterocycles. The van der Waals surface area contributed by atoms with E-state index in [2.05, 4.69) is 19.2 Å². The summed E-state index contributed by atoms with van der Waals surface area (Å²) >= 11 is 5.93. The van der Waals surface area contributed by atoms with Crippen LogP contribution in [0.2, 0.25) is 5.02 Å². The zero-order valence-corrected chi connectivity index (χ0v) is 12.5. The minimum atomic E-state index is -0.237. The lowest BCUT2D eigenvalue weighted by molar-refractivity contribution is 0.369. The van der Waals surface area contributed by atoms with Gasteiger partial charge in [-0.15, -0.1) is 0 Å². The van der Waals surface area contributed by atoms with Crippen LogP contribution in [0.15, 0.2) is 18.2 Å². The average Bonchev–Trinajstić information content (AvgIpc) is 3.22. The Morgan fingerprint density at radius 3 is 2.58 bits per heavy atom. The first-order chi connectivity index (χ1) is 9.17. The molecule has 1 atom stereocenters. The summed E-state index contributed by atoms with van der Waals surface area (Å²) in [5.41, 5.74) is 0.773. The van der Waals surface area contributed by atoms with Gasteiger partial charge in [0.1, 0.15) is 5.82 Å². The van der Waals surface area contributed by atoms with Crippen LogP contribution < -0.4 is 5.32 Å². The molecule has 1 aliphatic carbocycles. The van der Waals surface area contributed by atoms with Gasteiger partial charge in [-0.05, 0) is 30.4 Å². The summed E-state index contributed by atoms with van der Waals surface area (Å²) in [5, 5.41) is 3.78. The van der Waals surface area contributed by atoms with Gasteiger partial charge in [-0.25, -0.2) is 4.39 Å². The minimum absolute atomic E-state index is 0.217. The van der Waals surface area contributed by atoms with E-state index >= 15 is 0 Å². The van der Waals surface area contributed by atoms with E-state index in [1.165, 1.54) is 12.8 Å². The number of halogens is 2. The van der Waals surface area contributed by atoms with Crippen LogP contribution in [0.5, 0.6) is 0 Å². The zero-order valence-electron chi connectivity index (χ0n) is 11.8. The average molecular weight is 284 g/mol. The standard InChI is InChI=1S/C16H23ClFN/c1-3-11(4-2)14(10-19-12-8-9-12)13-6-5-7-15(17)16(13)18/h5-7,11-12,14,19H,3-4,8-10H2,1-2H3. The maximum absolute atomic E-state index is 14.3. The van der Waals surface area contributed by atoms with Gasteiger partial charge in [0.05, 0.1) is 5.02 Å². The van der Waals surface area contributed by atoms with Gasteiger partial charge in [0, 0.05) is 18.5 Å². The third kappa shape index (κ3) is 3.70. The molecule has 1 fully saturated rings. The molecule has 0 bridgehead atoms. The fourth-order valence-electron chi connectivity index (χ4n) is 2.78. The zero-order chi connectivity index (χ0) is 13.8. The fraction of sp³-hybridized carbons (Fsp3) is 0.625. The lowest BCUT2D eigenvalue weighted by Gasteiger charge is -2.27. The second-order valence-corrected chi connectivity index (χ2v) is 5.92. The van der Waals surface area contributed by atoms with Crippen molar-refractivity contribution in [3.63, 3.8) is 0 Å². The molecular formula is C16H23ClFN. The van der Waals surface area contributed by atoms with Crippen LogP contribution in [0.4, 0.5) is 4.39 Å². The normalized spacial score (nSPS) is 16.9. The predicted molar refractivity (Wildman–Crippen MR) is 79.2 cm³/mol. The van der Waals surface area contributed by atoms with Crippen LogP contribution in [0.3, 0.4) is 0 Å². The SMILES string of the molecule is CCC(CC)C(CNC1CC1)c1cccc(Cl)c1F. The van der Waals surface area contributed by atoms with Crippen molar-refractivity contribution in [3.8, 4) is 0 Å². The third-order valence-electron chi connectivity index (χ3n) is 4.20. The molecule has 0 radical (unpaired) electrons. The molecule has 1 aliphatic rings. The molecule has 0 amide bonds. The van der Waals surface area contributed by atoms with Gasteiger partial charge in [-0.1, -0.05) is 50.4 Å². The summed E-state index contributed by atoms with van der Waals surface area (Å²) in [7, 11) is 0. The van der Waals surface area contributed by atoms with Gasteiger partial charge in [0.2, 0.25) is 0 Å². The Morgan fingerprint density at radius 2 is 2.00 bits per heavy atom. The molecule has 19 heavy (non-hydrogen) atoms. The van der Waals surface area contributed by atoms with Crippen LogP contribution in [0, 0.1) is 11.7 Å². The van der Waals surface area contributed by atoms with Gasteiger partial charge in [0.25, 0.3) is 0 Å². The second kappa shape index (κ2) is 6.71. The Hall–Kier alpha value is -0.600. The maximum atomic E-state index is 14.3. The summed E-state index contributed by atoms with van der Waals surface area (Å²) < 4.78 is 14.3. The first-order valence-corrected chi connectivity index (χ1v) is 7.72. The van der Waals surface area contributed by atoms with Gasteiger partial charge < -0.3 is 5.32 Å². The summed E-state index contributed by atoms with van der Waals surface area (Å²) in [6.45, 7) is 5.22. The van der Waals surface area contributed by atoms with E-state index in [1.54, 1.807) is 6.07 Å². The van der Waals surface area contributed by atoms with E-state index in [0.717, 1.165) is 24.9 Å². The first kappa shape index (κ1) is 14.8. The molecule has 0 aliphatic heterocycles. The van der Waals surface area contributed by atoms with Crippen molar-refractivity contribution >= 4 is 11.6 Å². The highest BCUT2D eigenvalue weighted by atomic mass is 35.5. The van der Waals surface area contributed by atoms with E-state index in [4.69, 9.17) is 11.6 Å². The molecular weight excluding hydrogens is 261 g/mol. The van der Waals surface area contributed by atoms with Crippen molar-refractivity contribution in [1.29, 1.82) is 0 Å². The summed E-state index contributed by atoms with van der Waals surface area (Å²) in [6, 6.07) is 6.02. The van der Waals surface area contributed by atoms with Crippen molar-refractivity contribution < 1.29 is 4.39 Å².